The molecule has 0 spiro atoms. The van der Waals surface area contributed by atoms with Gasteiger partial charge in [-0.2, -0.15) is 0 Å². The summed E-state index contributed by atoms with van der Waals surface area (Å²) in [6.45, 7) is 5.87. The van der Waals surface area contributed by atoms with Crippen LogP contribution in [0.5, 0.6) is 0 Å². The van der Waals surface area contributed by atoms with E-state index in [2.05, 4.69) is 16.9 Å². The number of aliphatic imine (C=N–C) groups is 1. The summed E-state index contributed by atoms with van der Waals surface area (Å²) in [7, 11) is 0. The van der Waals surface area contributed by atoms with Crippen molar-refractivity contribution in [2.24, 2.45) is 4.99 Å². The zero-order chi connectivity index (χ0) is 10.4. The molecule has 0 radical (unpaired) electrons. The van der Waals surface area contributed by atoms with Gasteiger partial charge in [-0.1, -0.05) is 18.2 Å². The molecule has 0 saturated heterocycles. The van der Waals surface area contributed by atoms with Crippen LogP contribution in [0.4, 0.5) is 10.1 Å². The van der Waals surface area contributed by atoms with Crippen LogP contribution in [0.1, 0.15) is 6.92 Å². The number of nitrogens with zero attached hydrogens (tertiary/aromatic N) is 1. The Labute approximate surface area is 83.2 Å². The van der Waals surface area contributed by atoms with Crippen LogP contribution in [0.25, 0.3) is 0 Å². The Morgan fingerprint density at radius 3 is 2.93 bits per heavy atom. The summed E-state index contributed by atoms with van der Waals surface area (Å²) >= 11 is 0. The molecular weight excluding hydrogens is 179 g/mol. The first-order chi connectivity index (χ1) is 6.74. The number of hydrogen-bond donors (Lipinski definition) is 1. The number of nitrogens with one attached hydrogen (secondary N) is 1. The fraction of sp³-hybridized carbons (Fsp3) is 0.182. The molecule has 0 bridgehead atoms. The number of halogens is 1. The van der Waals surface area contributed by atoms with Crippen LogP contribution in [0, 0.1) is 5.82 Å². The number of amidine groups is 1. The third-order valence-corrected chi connectivity index (χ3v) is 1.65. The molecule has 1 N–H and O–H groups in total. The van der Waals surface area contributed by atoms with Crippen LogP contribution >= 0.6 is 0 Å². The van der Waals surface area contributed by atoms with Gasteiger partial charge < -0.3 is 5.32 Å². The van der Waals surface area contributed by atoms with Gasteiger partial charge in [0.05, 0.1) is 18.1 Å². The van der Waals surface area contributed by atoms with Crippen molar-refractivity contribution < 1.29 is 4.39 Å². The average Bonchev–Trinajstić information content (AvgIpc) is 2.18. The third-order valence-electron chi connectivity index (χ3n) is 1.65. The van der Waals surface area contributed by atoms with Gasteiger partial charge in [0.15, 0.2) is 0 Å². The SMILES string of the molecule is C=CCN=C(C)Nc1ccccc1F. The molecule has 14 heavy (non-hydrogen) atoms. The minimum atomic E-state index is -0.277. The zero-order valence-corrected chi connectivity index (χ0v) is 8.13. The quantitative estimate of drug-likeness (QED) is 0.444. The summed E-state index contributed by atoms with van der Waals surface area (Å²) in [6, 6.07) is 6.49. The molecule has 0 aromatic heterocycles. The number of benzene rings is 1. The summed E-state index contributed by atoms with van der Waals surface area (Å²) in [5.74, 6) is 0.399. The molecule has 74 valence electrons. The molecule has 2 nitrogen and oxygen atoms in total. The molecule has 0 fully saturated rings. The Morgan fingerprint density at radius 2 is 2.29 bits per heavy atom. The smallest absolute Gasteiger partial charge is 0.146 e. The first kappa shape index (κ1) is 10.4. The molecule has 0 saturated carbocycles. The summed E-state index contributed by atoms with van der Waals surface area (Å²) in [5.41, 5.74) is 0.442. The molecule has 0 aliphatic heterocycles. The van der Waals surface area contributed by atoms with E-state index < -0.39 is 0 Å². The van der Waals surface area contributed by atoms with Crippen LogP contribution in [-0.4, -0.2) is 12.4 Å². The van der Waals surface area contributed by atoms with Gasteiger partial charge >= 0.3 is 0 Å². The number of hydrogen-bond acceptors (Lipinski definition) is 1. The molecule has 3 heteroatoms. The summed E-state index contributed by atoms with van der Waals surface area (Å²) in [5, 5.41) is 2.87. The van der Waals surface area contributed by atoms with Gasteiger partial charge in [-0.3, -0.25) is 4.99 Å². The van der Waals surface area contributed by atoms with Crippen molar-refractivity contribution >= 4 is 11.5 Å². The van der Waals surface area contributed by atoms with Crippen LogP contribution in [0.2, 0.25) is 0 Å². The first-order valence-corrected chi connectivity index (χ1v) is 4.37. The van der Waals surface area contributed by atoms with Crippen molar-refractivity contribution in [2.45, 2.75) is 6.92 Å². The Morgan fingerprint density at radius 1 is 1.57 bits per heavy atom. The van der Waals surface area contributed by atoms with Crippen LogP contribution < -0.4 is 5.32 Å². The lowest BCUT2D eigenvalue weighted by Gasteiger charge is -2.05. The highest BCUT2D eigenvalue weighted by Crippen LogP contribution is 2.11. The third kappa shape index (κ3) is 3.01. The van der Waals surface area contributed by atoms with E-state index in [4.69, 9.17) is 0 Å². The minimum Gasteiger partial charge on any atom is -0.342 e. The standard InChI is InChI=1S/C11H13FN2/c1-3-8-13-9(2)14-11-7-5-4-6-10(11)12/h3-7H,1,8H2,2H3,(H,13,14). The van der Waals surface area contributed by atoms with E-state index in [0.717, 1.165) is 0 Å². The van der Waals surface area contributed by atoms with E-state index in [0.29, 0.717) is 18.1 Å². The van der Waals surface area contributed by atoms with E-state index in [1.807, 2.05) is 0 Å². The molecule has 0 heterocycles. The van der Waals surface area contributed by atoms with E-state index in [1.165, 1.54) is 6.07 Å². The predicted octanol–water partition coefficient (Wildman–Crippen LogP) is 2.84. The Balaban J connectivity index is 2.69. The highest BCUT2D eigenvalue weighted by molar-refractivity contribution is 5.93. The lowest BCUT2D eigenvalue weighted by Crippen LogP contribution is -2.08. The van der Waals surface area contributed by atoms with Crippen molar-refractivity contribution in [2.75, 3.05) is 11.9 Å². The minimum absolute atomic E-state index is 0.277. The van der Waals surface area contributed by atoms with Gasteiger partial charge in [-0.15, -0.1) is 6.58 Å². The molecule has 0 amide bonds. The molecule has 0 aliphatic carbocycles. The second-order valence-electron chi connectivity index (χ2n) is 2.82. The number of para-hydroxylation sites is 1. The molecule has 1 aromatic carbocycles. The van der Waals surface area contributed by atoms with Crippen LogP contribution in [0.15, 0.2) is 41.9 Å². The zero-order valence-electron chi connectivity index (χ0n) is 8.13. The maximum absolute atomic E-state index is 13.1. The molecule has 1 rings (SSSR count). The predicted molar refractivity (Wildman–Crippen MR) is 58.2 cm³/mol. The molecule has 0 unspecified atom stereocenters. The highest BCUT2D eigenvalue weighted by Gasteiger charge is 1.99. The Kier molecular flexibility index (Phi) is 3.85. The summed E-state index contributed by atoms with van der Waals surface area (Å²) in [4.78, 5) is 4.10. The fourth-order valence-corrected chi connectivity index (χ4v) is 0.998. The molecule has 1 aromatic rings. The maximum Gasteiger partial charge on any atom is 0.146 e. The van der Waals surface area contributed by atoms with Crippen LogP contribution in [-0.2, 0) is 0 Å². The normalized spacial score (nSPS) is 11.1. The summed E-state index contributed by atoms with van der Waals surface area (Å²) < 4.78 is 13.1. The summed E-state index contributed by atoms with van der Waals surface area (Å²) in [6.07, 6.45) is 1.69. The lowest BCUT2D eigenvalue weighted by atomic mass is 10.3. The topological polar surface area (TPSA) is 24.4 Å². The average molecular weight is 192 g/mol. The van der Waals surface area contributed by atoms with Crippen molar-refractivity contribution in [3.63, 3.8) is 0 Å². The van der Waals surface area contributed by atoms with Crippen LogP contribution in [0.3, 0.4) is 0 Å². The first-order valence-electron chi connectivity index (χ1n) is 4.37. The maximum atomic E-state index is 13.1. The van der Waals surface area contributed by atoms with E-state index >= 15 is 0 Å². The van der Waals surface area contributed by atoms with Gasteiger partial charge in [0.25, 0.3) is 0 Å². The monoisotopic (exact) mass is 192 g/mol. The molecular formula is C11H13FN2. The van der Waals surface area contributed by atoms with Gasteiger partial charge in [0, 0.05) is 0 Å². The second-order valence-corrected chi connectivity index (χ2v) is 2.82. The fourth-order valence-electron chi connectivity index (χ4n) is 0.998. The van der Waals surface area contributed by atoms with Crippen molar-refractivity contribution in [3.8, 4) is 0 Å². The van der Waals surface area contributed by atoms with E-state index in [9.17, 15) is 4.39 Å². The highest BCUT2D eigenvalue weighted by atomic mass is 19.1. The van der Waals surface area contributed by atoms with Crippen molar-refractivity contribution in [1.82, 2.24) is 0 Å². The van der Waals surface area contributed by atoms with Gasteiger partial charge in [-0.05, 0) is 19.1 Å². The van der Waals surface area contributed by atoms with E-state index in [-0.39, 0.29) is 5.82 Å². The number of anilines is 1. The second kappa shape index (κ2) is 5.17. The van der Waals surface area contributed by atoms with Gasteiger partial charge in [0.1, 0.15) is 5.82 Å². The molecule has 0 aliphatic rings. The van der Waals surface area contributed by atoms with Crippen molar-refractivity contribution in [1.29, 1.82) is 0 Å². The van der Waals surface area contributed by atoms with Gasteiger partial charge in [0.2, 0.25) is 0 Å². The Hall–Kier alpha value is -1.64. The largest absolute Gasteiger partial charge is 0.342 e. The van der Waals surface area contributed by atoms with E-state index in [1.54, 1.807) is 31.2 Å². The van der Waals surface area contributed by atoms with Crippen molar-refractivity contribution in [3.05, 3.63) is 42.7 Å². The number of rotatable bonds is 3. The van der Waals surface area contributed by atoms with Gasteiger partial charge in [-0.25, -0.2) is 4.39 Å². The molecule has 0 atom stereocenters. The Bertz CT molecular complexity index is 345. The lowest BCUT2D eigenvalue weighted by molar-refractivity contribution is 0.632.